The number of hydrogen-bond donors (Lipinski definition) is 0. The summed E-state index contributed by atoms with van der Waals surface area (Å²) in [5, 5.41) is 0. The predicted octanol–water partition coefficient (Wildman–Crippen LogP) is 11.5. The number of benzene rings is 5. The lowest BCUT2D eigenvalue weighted by atomic mass is 9.75. The molecule has 0 aromatic heterocycles. The van der Waals surface area contributed by atoms with E-state index in [-0.39, 0.29) is 65.2 Å². The zero-order chi connectivity index (χ0) is 53.6. The normalized spacial score (nSPS) is 22.6. The first-order valence-electron chi connectivity index (χ1n) is 26.4. The van der Waals surface area contributed by atoms with Gasteiger partial charge in [0.15, 0.2) is 0 Å². The monoisotopic (exact) mass is 1050 g/mol. The number of fused-ring (bicyclic) bond motifs is 2. The zero-order valence-electron chi connectivity index (χ0n) is 44.6. The molecule has 3 fully saturated rings. The maximum atomic E-state index is 15.2. The van der Waals surface area contributed by atoms with Gasteiger partial charge < -0.3 is 33.0 Å². The number of carbonyl (C=O) groups is 2. The number of ether oxygens (including phenoxy) is 5. The molecule has 5 aliphatic rings. The summed E-state index contributed by atoms with van der Waals surface area (Å²) in [6, 6.07) is 26.1. The summed E-state index contributed by atoms with van der Waals surface area (Å²) in [5.41, 5.74) is 9.34. The molecule has 0 radical (unpaired) electrons. The van der Waals surface area contributed by atoms with Gasteiger partial charge in [-0.15, -0.1) is 0 Å². The van der Waals surface area contributed by atoms with E-state index < -0.39 is 28.2 Å². The van der Waals surface area contributed by atoms with Crippen molar-refractivity contribution in [3.05, 3.63) is 141 Å². The van der Waals surface area contributed by atoms with Crippen LogP contribution in [0.2, 0.25) is 0 Å². The molecule has 11 nitrogen and oxygen atoms in total. The molecule has 398 valence electrons. The molecule has 1 heterocycles. The second-order valence-electron chi connectivity index (χ2n) is 21.7. The average Bonchev–Trinajstić information content (AvgIpc) is 4.23. The second kappa shape index (κ2) is 21.7. The Balaban J connectivity index is 0.000000187. The van der Waals surface area contributed by atoms with E-state index in [9.17, 15) is 22.4 Å². The van der Waals surface area contributed by atoms with Gasteiger partial charge in [0.05, 0.1) is 48.6 Å². The lowest BCUT2D eigenvalue weighted by Crippen LogP contribution is -2.41. The molecule has 10 rings (SSSR count). The number of esters is 2. The maximum Gasteiger partial charge on any atom is 0.495 e. The van der Waals surface area contributed by atoms with Crippen LogP contribution < -0.4 is 19.7 Å². The Kier molecular flexibility index (Phi) is 15.6. The molecule has 1 aliphatic heterocycles. The Bertz CT molecular complexity index is 3010. The first kappa shape index (κ1) is 54.0. The summed E-state index contributed by atoms with van der Waals surface area (Å²) in [6.07, 6.45) is 5.31. The van der Waals surface area contributed by atoms with Gasteiger partial charge in [-0.25, -0.2) is 17.2 Å². The first-order valence-corrected chi connectivity index (χ1v) is 28.5. The number of aryl methyl sites for hydroxylation is 2. The molecule has 5 aromatic carbocycles. The maximum absolute atomic E-state index is 15.2. The quantitative estimate of drug-likeness (QED) is 0.0501. The van der Waals surface area contributed by atoms with Gasteiger partial charge in [-0.05, 0) is 211 Å². The van der Waals surface area contributed by atoms with Crippen LogP contribution in [0, 0.1) is 37.3 Å². The van der Waals surface area contributed by atoms with Crippen LogP contribution in [0.3, 0.4) is 0 Å². The highest BCUT2D eigenvalue weighted by molar-refractivity contribution is 7.90. The van der Waals surface area contributed by atoms with Crippen molar-refractivity contribution in [2.24, 2.45) is 11.8 Å². The Morgan fingerprint density at radius 2 is 1.13 bits per heavy atom. The van der Waals surface area contributed by atoms with Crippen LogP contribution >= 0.6 is 0 Å². The summed E-state index contributed by atoms with van der Waals surface area (Å²) < 4.78 is 94.1. The van der Waals surface area contributed by atoms with Crippen LogP contribution in [0.5, 0.6) is 17.2 Å². The van der Waals surface area contributed by atoms with E-state index in [1.54, 1.807) is 6.07 Å². The number of hydrogen-bond acceptors (Lipinski definition) is 11. The van der Waals surface area contributed by atoms with Crippen LogP contribution in [0.25, 0.3) is 11.1 Å². The standard InChI is InChI=1S/C33H37FO6S.C27H32BFO5/c1-5-38-33(35)28-19-27(28)22-7-9-23(10-8-22)40-30-14-12-26-25(11-13-29(34)32(26)30)31-20(2)17-24(18-21(31)3)39-15-6-16-41(4,36)37;1-6-31-25(30)20-15-19(20)16-7-9-17(10-8-16)32-23-14-11-18-21(12-13-22(29)24(18)23)28-33-26(2,3)27(4,5)34-28/h7-11,13,17-18,27-28,30H,5-6,12,14-16,19H2,1-4H3;7-10,12-13,19-20,23H,6,11,14-15H2,1-5H3/t27-,28+,30-;19-,20+,23-/m11/s1. The fourth-order valence-electron chi connectivity index (χ4n) is 11.0. The molecular formula is C60H69BF2O11S. The Morgan fingerprint density at radius 1 is 0.667 bits per heavy atom. The lowest BCUT2D eigenvalue weighted by molar-refractivity contribution is -0.145. The van der Waals surface area contributed by atoms with Crippen molar-refractivity contribution in [3.63, 3.8) is 0 Å². The van der Waals surface area contributed by atoms with Crippen LogP contribution in [0.1, 0.15) is 142 Å². The Morgan fingerprint density at radius 3 is 1.61 bits per heavy atom. The minimum Gasteiger partial charge on any atom is -0.494 e. The summed E-state index contributed by atoms with van der Waals surface area (Å²) in [7, 11) is -3.54. The molecule has 2 saturated carbocycles. The van der Waals surface area contributed by atoms with E-state index >= 15 is 4.39 Å². The van der Waals surface area contributed by atoms with Crippen molar-refractivity contribution in [3.8, 4) is 28.4 Å². The van der Waals surface area contributed by atoms with Gasteiger partial charge in [0.25, 0.3) is 0 Å². The van der Waals surface area contributed by atoms with Crippen molar-refractivity contribution < 1.29 is 59.8 Å². The van der Waals surface area contributed by atoms with E-state index in [4.69, 9.17) is 33.0 Å². The number of rotatable bonds is 17. The third kappa shape index (κ3) is 11.8. The van der Waals surface area contributed by atoms with Crippen molar-refractivity contribution >= 4 is 34.4 Å². The highest BCUT2D eigenvalue weighted by atomic mass is 32.2. The first-order chi connectivity index (χ1) is 35.7. The molecule has 4 aliphatic carbocycles. The largest absolute Gasteiger partial charge is 0.495 e. The van der Waals surface area contributed by atoms with Gasteiger partial charge in [-0.2, -0.15) is 0 Å². The molecule has 0 bridgehead atoms. The van der Waals surface area contributed by atoms with Gasteiger partial charge in [-0.3, -0.25) is 9.59 Å². The van der Waals surface area contributed by atoms with E-state index in [2.05, 4.69) is 0 Å². The number of sulfone groups is 1. The van der Waals surface area contributed by atoms with E-state index in [1.807, 2.05) is 122 Å². The Labute approximate surface area is 441 Å². The van der Waals surface area contributed by atoms with Crippen molar-refractivity contribution in [2.45, 2.75) is 136 Å². The highest BCUT2D eigenvalue weighted by Crippen LogP contribution is 2.50. The minimum atomic E-state index is -3.02. The third-order valence-electron chi connectivity index (χ3n) is 15.7. The van der Waals surface area contributed by atoms with Gasteiger partial charge in [0.2, 0.25) is 0 Å². The molecule has 75 heavy (non-hydrogen) atoms. The van der Waals surface area contributed by atoms with Crippen LogP contribution in [0.4, 0.5) is 8.78 Å². The SMILES string of the molecule is CCOC(=O)[C@H]1C[C@@H]1c1ccc(O[C@@H]2CCc3c(-c4c(C)cc(OCCCS(C)(=O)=O)cc4C)ccc(F)c32)cc1.CCOC(=O)[C@H]1C[C@@H]1c1ccc(O[C@@H]2CCc3c(B4OC(C)(C)C(C)(C)O4)ccc(F)c32)cc1. The van der Waals surface area contributed by atoms with Gasteiger partial charge in [0, 0.05) is 17.4 Å². The summed E-state index contributed by atoms with van der Waals surface area (Å²) in [5.74, 6) is 1.65. The summed E-state index contributed by atoms with van der Waals surface area (Å²) in [4.78, 5) is 23.9. The molecule has 0 spiro atoms. The number of carbonyl (C=O) groups excluding carboxylic acids is 2. The minimum absolute atomic E-state index is 0.0454. The highest BCUT2D eigenvalue weighted by Gasteiger charge is 2.53. The van der Waals surface area contributed by atoms with E-state index in [1.165, 1.54) is 18.4 Å². The topological polar surface area (TPSA) is 133 Å². The fourth-order valence-corrected chi connectivity index (χ4v) is 11.7. The second-order valence-corrected chi connectivity index (χ2v) is 24.0. The van der Waals surface area contributed by atoms with Gasteiger partial charge >= 0.3 is 19.1 Å². The van der Waals surface area contributed by atoms with Crippen molar-refractivity contribution in [1.29, 1.82) is 0 Å². The molecule has 0 N–H and O–H groups in total. The van der Waals surface area contributed by atoms with E-state index in [0.717, 1.165) is 62.8 Å². The smallest absolute Gasteiger partial charge is 0.494 e. The van der Waals surface area contributed by atoms with E-state index in [0.29, 0.717) is 80.3 Å². The summed E-state index contributed by atoms with van der Waals surface area (Å²) in [6.45, 7) is 16.9. The molecule has 15 heteroatoms. The van der Waals surface area contributed by atoms with Crippen LogP contribution in [0.15, 0.2) is 84.9 Å². The van der Waals surface area contributed by atoms with Crippen LogP contribution in [-0.4, -0.2) is 70.5 Å². The average molecular weight is 1050 g/mol. The lowest BCUT2D eigenvalue weighted by Gasteiger charge is -2.32. The molecule has 5 aromatic rings. The van der Waals surface area contributed by atoms with Crippen molar-refractivity contribution in [1.82, 2.24) is 0 Å². The molecule has 0 amide bonds. The zero-order valence-corrected chi connectivity index (χ0v) is 45.4. The molecular weight excluding hydrogens is 978 g/mol. The number of halogens is 2. The Hall–Kier alpha value is -5.77. The molecule has 1 saturated heterocycles. The van der Waals surface area contributed by atoms with Crippen LogP contribution in [-0.2, 0) is 51.1 Å². The van der Waals surface area contributed by atoms with Gasteiger partial charge in [0.1, 0.15) is 50.9 Å². The van der Waals surface area contributed by atoms with Gasteiger partial charge in [-0.1, -0.05) is 36.4 Å². The molecule has 6 atom stereocenters. The third-order valence-corrected chi connectivity index (χ3v) is 16.8. The fraction of sp³-hybridized carbons (Fsp3) is 0.467. The molecule has 0 unspecified atom stereocenters. The summed E-state index contributed by atoms with van der Waals surface area (Å²) >= 11 is 0. The van der Waals surface area contributed by atoms with Crippen molar-refractivity contribution in [2.75, 3.05) is 31.8 Å². The predicted molar refractivity (Wildman–Crippen MR) is 284 cm³/mol.